The largest absolute Gasteiger partial charge is 0.453 e. The van der Waals surface area contributed by atoms with Crippen LogP contribution in [0.5, 0.6) is 0 Å². The fraction of sp³-hybridized carbons (Fsp3) is 0.100. The van der Waals surface area contributed by atoms with Gasteiger partial charge in [-0.3, -0.25) is 0 Å². The van der Waals surface area contributed by atoms with Crippen molar-refractivity contribution in [1.82, 2.24) is 0 Å². The van der Waals surface area contributed by atoms with Crippen LogP contribution in [-0.4, -0.2) is 5.84 Å². The van der Waals surface area contributed by atoms with E-state index in [0.29, 0.717) is 5.76 Å². The maximum absolute atomic E-state index is 5.53. The summed E-state index contributed by atoms with van der Waals surface area (Å²) in [5.74, 6) is 5.77. The van der Waals surface area contributed by atoms with Crippen LogP contribution < -0.4 is 11.6 Å². The van der Waals surface area contributed by atoms with E-state index in [1.165, 1.54) is 5.56 Å². The van der Waals surface area contributed by atoms with Crippen molar-refractivity contribution in [3.05, 3.63) is 35.6 Å². The molecule has 4 heteroatoms. The molecule has 0 atom stereocenters. The van der Waals surface area contributed by atoms with Gasteiger partial charge < -0.3 is 16.0 Å². The molecule has 72 valence electrons. The Kier molecular flexibility index (Phi) is 1.89. The number of benzene rings is 1. The normalized spacial score (nSPS) is 12.2. The Morgan fingerprint density at radius 1 is 1.36 bits per heavy atom. The van der Waals surface area contributed by atoms with E-state index < -0.39 is 0 Å². The highest BCUT2D eigenvalue weighted by molar-refractivity contribution is 5.98. The number of nitrogens with zero attached hydrogens (tertiary/aromatic N) is 1. The van der Waals surface area contributed by atoms with E-state index in [-0.39, 0.29) is 5.84 Å². The highest BCUT2D eigenvalue weighted by Crippen LogP contribution is 2.20. The van der Waals surface area contributed by atoms with Gasteiger partial charge in [0.25, 0.3) is 0 Å². The average Bonchev–Trinajstić information content (AvgIpc) is 2.59. The lowest BCUT2D eigenvalue weighted by Gasteiger charge is -1.90. The van der Waals surface area contributed by atoms with Gasteiger partial charge in [0, 0.05) is 5.39 Å². The van der Waals surface area contributed by atoms with Gasteiger partial charge in [-0.25, -0.2) is 0 Å². The van der Waals surface area contributed by atoms with Crippen molar-refractivity contribution in [3.63, 3.8) is 0 Å². The smallest absolute Gasteiger partial charge is 0.186 e. The third-order valence-corrected chi connectivity index (χ3v) is 2.06. The van der Waals surface area contributed by atoms with Gasteiger partial charge in [-0.15, -0.1) is 0 Å². The van der Waals surface area contributed by atoms with Crippen LogP contribution >= 0.6 is 0 Å². The molecule has 4 nitrogen and oxygen atoms in total. The molecule has 1 aromatic heterocycles. The van der Waals surface area contributed by atoms with Gasteiger partial charge in [0.2, 0.25) is 0 Å². The maximum Gasteiger partial charge on any atom is 0.186 e. The van der Waals surface area contributed by atoms with E-state index in [9.17, 15) is 0 Å². The van der Waals surface area contributed by atoms with E-state index in [2.05, 4.69) is 5.10 Å². The fourth-order valence-electron chi connectivity index (χ4n) is 1.35. The third kappa shape index (κ3) is 1.31. The second kappa shape index (κ2) is 3.06. The molecule has 0 saturated carbocycles. The second-order valence-corrected chi connectivity index (χ2v) is 3.17. The van der Waals surface area contributed by atoms with E-state index in [0.717, 1.165) is 11.0 Å². The van der Waals surface area contributed by atoms with Gasteiger partial charge in [-0.05, 0) is 25.1 Å². The molecule has 0 unspecified atom stereocenters. The molecule has 0 saturated heterocycles. The lowest BCUT2D eigenvalue weighted by atomic mass is 10.2. The van der Waals surface area contributed by atoms with Crippen molar-refractivity contribution < 1.29 is 4.42 Å². The highest BCUT2D eigenvalue weighted by atomic mass is 16.3. The van der Waals surface area contributed by atoms with Gasteiger partial charge >= 0.3 is 0 Å². The predicted molar refractivity (Wildman–Crippen MR) is 55.9 cm³/mol. The molecule has 0 aliphatic carbocycles. The molecule has 0 radical (unpaired) electrons. The lowest BCUT2D eigenvalue weighted by Crippen LogP contribution is -2.14. The molecule has 0 aliphatic heterocycles. The number of hydrogen-bond donors (Lipinski definition) is 2. The second-order valence-electron chi connectivity index (χ2n) is 3.17. The Bertz CT molecular complexity index is 499. The first-order valence-electron chi connectivity index (χ1n) is 4.24. The maximum atomic E-state index is 5.53. The summed E-state index contributed by atoms with van der Waals surface area (Å²) in [7, 11) is 0. The van der Waals surface area contributed by atoms with E-state index in [1.807, 2.05) is 31.2 Å². The topological polar surface area (TPSA) is 77.5 Å². The Morgan fingerprint density at radius 2 is 2.14 bits per heavy atom. The Morgan fingerprint density at radius 3 is 2.86 bits per heavy atom. The Balaban J connectivity index is 2.62. The van der Waals surface area contributed by atoms with Crippen molar-refractivity contribution in [2.45, 2.75) is 6.92 Å². The molecule has 0 fully saturated rings. The third-order valence-electron chi connectivity index (χ3n) is 2.06. The molecule has 1 heterocycles. The summed E-state index contributed by atoms with van der Waals surface area (Å²) < 4.78 is 5.44. The van der Waals surface area contributed by atoms with Crippen molar-refractivity contribution in [1.29, 1.82) is 0 Å². The monoisotopic (exact) mass is 189 g/mol. The van der Waals surface area contributed by atoms with Gasteiger partial charge in [0.15, 0.2) is 11.6 Å². The molecule has 0 bridgehead atoms. The molecule has 0 spiro atoms. The zero-order valence-electron chi connectivity index (χ0n) is 7.82. The van der Waals surface area contributed by atoms with Crippen molar-refractivity contribution in [3.8, 4) is 0 Å². The number of aryl methyl sites for hydroxylation is 1. The van der Waals surface area contributed by atoms with Crippen LogP contribution in [0.3, 0.4) is 0 Å². The van der Waals surface area contributed by atoms with Crippen LogP contribution in [0.15, 0.2) is 33.8 Å². The molecular weight excluding hydrogens is 178 g/mol. The first-order valence-corrected chi connectivity index (χ1v) is 4.24. The average molecular weight is 189 g/mol. The summed E-state index contributed by atoms with van der Waals surface area (Å²) in [5, 5.41) is 4.38. The molecular formula is C10H11N3O. The molecule has 0 aliphatic rings. The predicted octanol–water partition coefficient (Wildman–Crippen LogP) is 1.32. The summed E-state index contributed by atoms with van der Waals surface area (Å²) in [5.41, 5.74) is 7.49. The minimum absolute atomic E-state index is 0.207. The summed E-state index contributed by atoms with van der Waals surface area (Å²) in [6, 6.07) is 7.73. The fourth-order valence-corrected chi connectivity index (χ4v) is 1.35. The first-order chi connectivity index (χ1) is 6.70. The van der Waals surface area contributed by atoms with E-state index >= 15 is 0 Å². The van der Waals surface area contributed by atoms with E-state index in [4.69, 9.17) is 16.0 Å². The number of amidine groups is 1. The van der Waals surface area contributed by atoms with Crippen molar-refractivity contribution in [2.75, 3.05) is 0 Å². The Labute approximate surface area is 81.2 Å². The molecule has 2 rings (SSSR count). The standard InChI is InChI=1S/C10H11N3O/c1-6-2-3-8-7(4-6)5-9(14-8)10(11)13-12/h2-5H,12H2,1H3,(H2,11,13). The highest BCUT2D eigenvalue weighted by Gasteiger charge is 2.06. The van der Waals surface area contributed by atoms with Crippen molar-refractivity contribution >= 4 is 16.8 Å². The van der Waals surface area contributed by atoms with Gasteiger partial charge in [0.1, 0.15) is 5.58 Å². The summed E-state index contributed by atoms with van der Waals surface area (Å²) >= 11 is 0. The van der Waals surface area contributed by atoms with Gasteiger partial charge in [-0.1, -0.05) is 11.6 Å². The summed E-state index contributed by atoms with van der Waals surface area (Å²) in [4.78, 5) is 0. The number of fused-ring (bicyclic) bond motifs is 1. The van der Waals surface area contributed by atoms with Crippen LogP contribution in [0.1, 0.15) is 11.3 Å². The molecule has 14 heavy (non-hydrogen) atoms. The van der Waals surface area contributed by atoms with Crippen LogP contribution in [0, 0.1) is 6.92 Å². The van der Waals surface area contributed by atoms with Gasteiger partial charge in [-0.2, -0.15) is 5.10 Å². The van der Waals surface area contributed by atoms with Gasteiger partial charge in [0.05, 0.1) is 0 Å². The first kappa shape index (κ1) is 8.62. The Hall–Kier alpha value is -1.97. The molecule has 4 N–H and O–H groups in total. The van der Waals surface area contributed by atoms with Crippen LogP contribution in [0.25, 0.3) is 11.0 Å². The van der Waals surface area contributed by atoms with Crippen molar-refractivity contribution in [2.24, 2.45) is 16.7 Å². The zero-order valence-corrected chi connectivity index (χ0v) is 7.82. The summed E-state index contributed by atoms with van der Waals surface area (Å²) in [6.45, 7) is 2.02. The molecule has 0 amide bonds. The van der Waals surface area contributed by atoms with Crippen LogP contribution in [-0.2, 0) is 0 Å². The number of rotatable bonds is 1. The number of hydrogen-bond acceptors (Lipinski definition) is 3. The minimum Gasteiger partial charge on any atom is -0.453 e. The summed E-state index contributed by atoms with van der Waals surface area (Å²) in [6.07, 6.45) is 0. The number of nitrogens with two attached hydrogens (primary N) is 2. The molecule has 1 aromatic carbocycles. The number of furan rings is 1. The van der Waals surface area contributed by atoms with Crippen LogP contribution in [0.2, 0.25) is 0 Å². The van der Waals surface area contributed by atoms with Crippen LogP contribution in [0.4, 0.5) is 0 Å². The lowest BCUT2D eigenvalue weighted by molar-refractivity contribution is 0.603. The van der Waals surface area contributed by atoms with E-state index in [1.54, 1.807) is 0 Å². The zero-order chi connectivity index (χ0) is 10.1. The number of hydrazone groups is 1. The SMILES string of the molecule is Cc1ccc2oc(C(N)=NN)cc2c1. The molecule has 2 aromatic rings. The quantitative estimate of drug-likeness (QED) is 0.307. The minimum atomic E-state index is 0.207.